The largest absolute Gasteiger partial charge is 0.417 e. The highest BCUT2D eigenvalue weighted by Crippen LogP contribution is 2.35. The molecule has 0 aliphatic rings. The zero-order valence-corrected chi connectivity index (χ0v) is 9.00. The van der Waals surface area contributed by atoms with Crippen LogP contribution < -0.4 is 0 Å². The van der Waals surface area contributed by atoms with Gasteiger partial charge in [0.05, 0.1) is 5.56 Å². The molecule has 0 fully saturated rings. The molecule has 0 N–H and O–H groups in total. The van der Waals surface area contributed by atoms with Gasteiger partial charge in [-0.1, -0.05) is 18.2 Å². The Balaban J connectivity index is 2.60. The van der Waals surface area contributed by atoms with E-state index in [2.05, 4.69) is 15.0 Å². The molecule has 0 radical (unpaired) electrons. The van der Waals surface area contributed by atoms with Crippen molar-refractivity contribution in [1.29, 1.82) is 0 Å². The number of nitrogens with zero attached hydrogens (tertiary/aromatic N) is 3. The smallest absolute Gasteiger partial charge is 0.216 e. The minimum absolute atomic E-state index is 0.0991. The molecule has 0 aliphatic carbocycles. The van der Waals surface area contributed by atoms with Crippen LogP contribution in [0.5, 0.6) is 0 Å². The second-order valence-corrected chi connectivity index (χ2v) is 3.46. The Hall–Kier alpha value is -1.69. The normalized spacial score (nSPS) is 11.5. The summed E-state index contributed by atoms with van der Waals surface area (Å²) in [5.41, 5.74) is -0.924. The summed E-state index contributed by atoms with van der Waals surface area (Å²) in [6, 6.07) is 5.03. The monoisotopic (exact) mass is 259 g/mol. The van der Waals surface area contributed by atoms with E-state index in [1.54, 1.807) is 0 Å². The van der Waals surface area contributed by atoms with Gasteiger partial charge in [-0.15, -0.1) is 0 Å². The summed E-state index contributed by atoms with van der Waals surface area (Å²) >= 11 is 5.52. The fourth-order valence-corrected chi connectivity index (χ4v) is 1.46. The second-order valence-electron chi connectivity index (χ2n) is 3.12. The molecule has 1 heterocycles. The zero-order chi connectivity index (χ0) is 12.5. The Labute approximate surface area is 99.3 Å². The van der Waals surface area contributed by atoms with Crippen molar-refractivity contribution in [1.82, 2.24) is 15.0 Å². The van der Waals surface area contributed by atoms with Crippen molar-refractivity contribution in [2.75, 3.05) is 0 Å². The Kier molecular flexibility index (Phi) is 2.97. The molecule has 88 valence electrons. The third-order valence-corrected chi connectivity index (χ3v) is 2.20. The first kappa shape index (κ1) is 11.8. The lowest BCUT2D eigenvalue weighted by Crippen LogP contribution is -2.08. The molecular formula is C10H5ClF3N3. The van der Waals surface area contributed by atoms with Crippen molar-refractivity contribution in [3.63, 3.8) is 0 Å². The quantitative estimate of drug-likeness (QED) is 0.789. The van der Waals surface area contributed by atoms with Crippen LogP contribution in [0, 0.1) is 0 Å². The average Bonchev–Trinajstić information content (AvgIpc) is 2.28. The molecule has 0 saturated heterocycles. The zero-order valence-electron chi connectivity index (χ0n) is 8.24. The molecule has 0 atom stereocenters. The number of alkyl halides is 3. The topological polar surface area (TPSA) is 38.7 Å². The van der Waals surface area contributed by atoms with E-state index in [1.165, 1.54) is 18.2 Å². The molecule has 7 heteroatoms. The highest BCUT2D eigenvalue weighted by molar-refractivity contribution is 6.28. The summed E-state index contributed by atoms with van der Waals surface area (Å²) in [4.78, 5) is 10.9. The number of hydrogen-bond acceptors (Lipinski definition) is 3. The van der Waals surface area contributed by atoms with Crippen LogP contribution in [-0.2, 0) is 6.18 Å². The molecule has 2 aromatic rings. The molecule has 1 aromatic carbocycles. The van der Waals surface area contributed by atoms with Crippen LogP contribution in [0.4, 0.5) is 13.2 Å². The summed E-state index contributed by atoms with van der Waals surface area (Å²) in [6.45, 7) is 0. The van der Waals surface area contributed by atoms with Crippen molar-refractivity contribution >= 4 is 11.6 Å². The summed E-state index contributed by atoms with van der Waals surface area (Å²) in [6.07, 6.45) is -3.40. The van der Waals surface area contributed by atoms with Gasteiger partial charge in [0.15, 0.2) is 5.82 Å². The number of aromatic nitrogens is 3. The van der Waals surface area contributed by atoms with Gasteiger partial charge in [0.2, 0.25) is 5.28 Å². The number of rotatable bonds is 1. The summed E-state index contributed by atoms with van der Waals surface area (Å²) < 4.78 is 38.2. The Bertz CT molecular complexity index is 542. The van der Waals surface area contributed by atoms with Gasteiger partial charge in [0.25, 0.3) is 0 Å². The highest BCUT2D eigenvalue weighted by atomic mass is 35.5. The van der Waals surface area contributed by atoms with Gasteiger partial charge in [0, 0.05) is 5.56 Å². The molecular weight excluding hydrogens is 255 g/mol. The molecule has 0 aliphatic heterocycles. The van der Waals surface area contributed by atoms with Gasteiger partial charge in [-0.2, -0.15) is 18.2 Å². The summed E-state index contributed by atoms with van der Waals surface area (Å²) in [5.74, 6) is -0.0991. The van der Waals surface area contributed by atoms with Crippen LogP contribution in [0.1, 0.15) is 5.56 Å². The summed E-state index contributed by atoms with van der Waals surface area (Å²) in [7, 11) is 0. The van der Waals surface area contributed by atoms with E-state index in [-0.39, 0.29) is 16.7 Å². The number of benzene rings is 1. The van der Waals surface area contributed by atoms with Crippen LogP contribution >= 0.6 is 11.6 Å². The van der Waals surface area contributed by atoms with Gasteiger partial charge >= 0.3 is 6.18 Å². The van der Waals surface area contributed by atoms with Gasteiger partial charge < -0.3 is 0 Å². The average molecular weight is 260 g/mol. The standard InChI is InChI=1S/C10H5ClF3N3/c11-9-16-5-15-8(17-9)6-3-1-2-4-7(6)10(12,13)14/h1-5H. The van der Waals surface area contributed by atoms with Crippen LogP contribution in [0.25, 0.3) is 11.4 Å². The molecule has 0 saturated carbocycles. The molecule has 0 unspecified atom stereocenters. The number of halogens is 4. The van der Waals surface area contributed by atoms with E-state index in [0.717, 1.165) is 12.4 Å². The van der Waals surface area contributed by atoms with Crippen LogP contribution in [0.15, 0.2) is 30.6 Å². The molecule has 3 nitrogen and oxygen atoms in total. The fourth-order valence-electron chi connectivity index (χ4n) is 1.33. The molecule has 1 aromatic heterocycles. The number of hydrogen-bond donors (Lipinski definition) is 0. The lowest BCUT2D eigenvalue weighted by atomic mass is 10.1. The highest BCUT2D eigenvalue weighted by Gasteiger charge is 2.34. The van der Waals surface area contributed by atoms with Crippen molar-refractivity contribution < 1.29 is 13.2 Å². The van der Waals surface area contributed by atoms with Gasteiger partial charge in [0.1, 0.15) is 6.33 Å². The predicted molar refractivity (Wildman–Crippen MR) is 55.3 cm³/mol. The molecule has 0 bridgehead atoms. The van der Waals surface area contributed by atoms with Crippen molar-refractivity contribution in [3.05, 3.63) is 41.4 Å². The third kappa shape index (κ3) is 2.52. The predicted octanol–water partition coefficient (Wildman–Crippen LogP) is 3.21. The van der Waals surface area contributed by atoms with E-state index >= 15 is 0 Å². The Morgan fingerprint density at radius 2 is 1.76 bits per heavy atom. The van der Waals surface area contributed by atoms with E-state index in [1.807, 2.05) is 0 Å². The van der Waals surface area contributed by atoms with E-state index < -0.39 is 11.7 Å². The van der Waals surface area contributed by atoms with E-state index in [0.29, 0.717) is 0 Å². The first-order valence-corrected chi connectivity index (χ1v) is 4.87. The van der Waals surface area contributed by atoms with E-state index in [9.17, 15) is 13.2 Å². The van der Waals surface area contributed by atoms with Crippen LogP contribution in [0.2, 0.25) is 5.28 Å². The minimum Gasteiger partial charge on any atom is -0.216 e. The van der Waals surface area contributed by atoms with Gasteiger partial charge in [-0.25, -0.2) is 9.97 Å². The lowest BCUT2D eigenvalue weighted by molar-refractivity contribution is -0.137. The van der Waals surface area contributed by atoms with Crippen molar-refractivity contribution in [3.8, 4) is 11.4 Å². The second kappa shape index (κ2) is 4.29. The minimum atomic E-state index is -4.46. The van der Waals surface area contributed by atoms with E-state index in [4.69, 9.17) is 11.6 Å². The first-order valence-electron chi connectivity index (χ1n) is 4.49. The Morgan fingerprint density at radius 3 is 2.41 bits per heavy atom. The maximum Gasteiger partial charge on any atom is 0.417 e. The van der Waals surface area contributed by atoms with Gasteiger partial charge in [-0.05, 0) is 17.7 Å². The van der Waals surface area contributed by atoms with Crippen LogP contribution in [0.3, 0.4) is 0 Å². The lowest BCUT2D eigenvalue weighted by Gasteiger charge is -2.11. The molecule has 2 rings (SSSR count). The SMILES string of the molecule is FC(F)(F)c1ccccc1-c1ncnc(Cl)n1. The maximum absolute atomic E-state index is 12.7. The van der Waals surface area contributed by atoms with Crippen molar-refractivity contribution in [2.24, 2.45) is 0 Å². The third-order valence-electron chi connectivity index (χ3n) is 2.02. The molecule has 0 spiro atoms. The Morgan fingerprint density at radius 1 is 1.06 bits per heavy atom. The van der Waals surface area contributed by atoms with Gasteiger partial charge in [-0.3, -0.25) is 0 Å². The maximum atomic E-state index is 12.7. The van der Waals surface area contributed by atoms with Crippen molar-refractivity contribution in [2.45, 2.75) is 6.18 Å². The summed E-state index contributed by atoms with van der Waals surface area (Å²) in [5, 5.41) is -0.146. The first-order chi connectivity index (χ1) is 7.98. The van der Waals surface area contributed by atoms with Crippen LogP contribution in [-0.4, -0.2) is 15.0 Å². The fraction of sp³-hybridized carbons (Fsp3) is 0.100. The molecule has 0 amide bonds. The molecule has 17 heavy (non-hydrogen) atoms.